The Morgan fingerprint density at radius 1 is 1.36 bits per heavy atom. The molecule has 0 spiro atoms. The van der Waals surface area contributed by atoms with E-state index in [0.29, 0.717) is 47.3 Å². The minimum Gasteiger partial charge on any atom is -0.482 e. The summed E-state index contributed by atoms with van der Waals surface area (Å²) in [5, 5.41) is 13.7. The van der Waals surface area contributed by atoms with E-state index in [1.54, 1.807) is 23.1 Å². The molecule has 0 saturated carbocycles. The molecule has 1 unspecified atom stereocenters. The lowest BCUT2D eigenvalue weighted by molar-refractivity contribution is -0.118. The molecule has 1 fully saturated rings. The van der Waals surface area contributed by atoms with Crippen LogP contribution in [0.5, 0.6) is 5.75 Å². The summed E-state index contributed by atoms with van der Waals surface area (Å²) in [6, 6.07) is 5.29. The van der Waals surface area contributed by atoms with Crippen LogP contribution in [0.4, 0.5) is 5.69 Å². The number of nitrogens with zero attached hydrogens (tertiary/aromatic N) is 2. The van der Waals surface area contributed by atoms with E-state index >= 15 is 0 Å². The summed E-state index contributed by atoms with van der Waals surface area (Å²) in [5.41, 5.74) is 1.46. The normalized spacial score (nSPS) is 18.2. The Morgan fingerprint density at radius 2 is 2.11 bits per heavy atom. The average molecular weight is 442 g/mol. The Hall–Kier alpha value is -1.87. The average Bonchev–Trinajstić information content (AvgIpc) is 3.05. The van der Waals surface area contributed by atoms with Gasteiger partial charge in [-0.05, 0) is 48.0 Å². The zero-order valence-electron chi connectivity index (χ0n) is 14.7. The molecule has 0 bridgehead atoms. The van der Waals surface area contributed by atoms with E-state index in [1.165, 1.54) is 0 Å². The number of amides is 2. The highest BCUT2D eigenvalue weighted by molar-refractivity contribution is 7.11. The molecule has 1 saturated heterocycles. The summed E-state index contributed by atoms with van der Waals surface area (Å²) in [5.74, 6) is 0.132. The molecule has 2 aliphatic heterocycles. The first-order valence-electron chi connectivity index (χ1n) is 8.78. The molecule has 2 N–H and O–H groups in total. The summed E-state index contributed by atoms with van der Waals surface area (Å²) >= 11 is 12.9. The Balaban J connectivity index is 1.41. The third-order valence-corrected chi connectivity index (χ3v) is 6.66. The zero-order valence-corrected chi connectivity index (χ0v) is 17.0. The van der Waals surface area contributed by atoms with Crippen LogP contribution >= 0.6 is 34.7 Å². The molecule has 2 aliphatic rings. The Labute approximate surface area is 175 Å². The van der Waals surface area contributed by atoms with Crippen molar-refractivity contribution in [1.29, 1.82) is 0 Å². The summed E-state index contributed by atoms with van der Waals surface area (Å²) in [6.07, 6.45) is 0.587. The van der Waals surface area contributed by atoms with Crippen LogP contribution in [0.1, 0.15) is 35.0 Å². The monoisotopic (exact) mass is 441 g/mol. The summed E-state index contributed by atoms with van der Waals surface area (Å²) in [4.78, 5) is 25.8. The van der Waals surface area contributed by atoms with Crippen molar-refractivity contribution in [2.24, 2.45) is 5.92 Å². The van der Waals surface area contributed by atoms with Gasteiger partial charge in [0.25, 0.3) is 11.8 Å². The maximum absolute atomic E-state index is 12.6. The van der Waals surface area contributed by atoms with E-state index in [9.17, 15) is 14.7 Å². The van der Waals surface area contributed by atoms with Crippen LogP contribution in [-0.4, -0.2) is 45.9 Å². The van der Waals surface area contributed by atoms with Crippen molar-refractivity contribution in [1.82, 2.24) is 9.27 Å². The van der Waals surface area contributed by atoms with Crippen LogP contribution in [-0.2, 0) is 4.79 Å². The number of fused-ring (bicyclic) bond motifs is 1. The Bertz CT molecular complexity index is 928. The molecule has 1 aromatic heterocycles. The minimum atomic E-state index is -0.696. The van der Waals surface area contributed by atoms with Crippen LogP contribution in [0.2, 0.25) is 9.36 Å². The number of piperidine rings is 1. The van der Waals surface area contributed by atoms with Gasteiger partial charge in [-0.2, -0.15) is 4.37 Å². The molecule has 2 aromatic rings. The molecule has 3 heterocycles. The fourth-order valence-corrected chi connectivity index (χ4v) is 4.50. The van der Waals surface area contributed by atoms with Crippen molar-refractivity contribution in [3.63, 3.8) is 0 Å². The number of halogens is 2. The number of rotatable bonds is 3. The number of aromatic nitrogens is 1. The number of anilines is 1. The largest absolute Gasteiger partial charge is 0.482 e. The molecule has 1 atom stereocenters. The second-order valence-corrected chi connectivity index (χ2v) is 8.54. The predicted octanol–water partition coefficient (Wildman–Crippen LogP) is 3.37. The van der Waals surface area contributed by atoms with Gasteiger partial charge < -0.3 is 20.1 Å². The van der Waals surface area contributed by atoms with Gasteiger partial charge in [0.05, 0.1) is 11.8 Å². The molecule has 4 rings (SSSR count). The number of hydrogen-bond donors (Lipinski definition) is 2. The highest BCUT2D eigenvalue weighted by Crippen LogP contribution is 2.36. The lowest BCUT2D eigenvalue weighted by Gasteiger charge is -2.34. The van der Waals surface area contributed by atoms with Crippen molar-refractivity contribution in [2.45, 2.75) is 18.9 Å². The van der Waals surface area contributed by atoms with Gasteiger partial charge in [0.2, 0.25) is 0 Å². The molecule has 0 radical (unpaired) electrons. The van der Waals surface area contributed by atoms with E-state index in [2.05, 4.69) is 9.69 Å². The topological polar surface area (TPSA) is 91.8 Å². The van der Waals surface area contributed by atoms with E-state index in [4.69, 9.17) is 27.9 Å². The van der Waals surface area contributed by atoms with Gasteiger partial charge in [-0.15, -0.1) is 0 Å². The number of ether oxygens (including phenoxy) is 1. The number of aliphatic hydroxyl groups is 1. The van der Waals surface area contributed by atoms with Gasteiger partial charge >= 0.3 is 0 Å². The second-order valence-electron chi connectivity index (χ2n) is 6.79. The number of nitrogens with one attached hydrogen (secondary N) is 1. The highest BCUT2D eigenvalue weighted by atomic mass is 35.5. The van der Waals surface area contributed by atoms with E-state index in [1.807, 2.05) is 0 Å². The third kappa shape index (κ3) is 3.69. The molecule has 1 aromatic carbocycles. The van der Waals surface area contributed by atoms with Crippen molar-refractivity contribution in [3.8, 4) is 5.75 Å². The smallest absolute Gasteiger partial charge is 0.275 e. The standard InChI is InChI=1S/C18H17Cl2N3O4S/c19-14-15(22-28-17(14)20)18(26)23-5-3-9(4-6-23)16(25)10-1-2-12-11(7-10)21-13(24)8-27-12/h1-2,7,9,16,25H,3-6,8H2,(H,21,24). The van der Waals surface area contributed by atoms with Crippen molar-refractivity contribution in [3.05, 3.63) is 38.8 Å². The van der Waals surface area contributed by atoms with Gasteiger partial charge in [-0.1, -0.05) is 29.3 Å². The second kappa shape index (κ2) is 7.87. The number of likely N-dealkylation sites (tertiary alicyclic amines) is 1. The highest BCUT2D eigenvalue weighted by Gasteiger charge is 2.31. The quantitative estimate of drug-likeness (QED) is 0.761. The molecule has 0 aliphatic carbocycles. The van der Waals surface area contributed by atoms with Crippen LogP contribution in [0, 0.1) is 5.92 Å². The van der Waals surface area contributed by atoms with Crippen molar-refractivity contribution in [2.75, 3.05) is 25.0 Å². The number of carbonyl (C=O) groups is 2. The molecule has 2 amide bonds. The van der Waals surface area contributed by atoms with Gasteiger partial charge in [0, 0.05) is 13.1 Å². The van der Waals surface area contributed by atoms with E-state index in [-0.39, 0.29) is 35.1 Å². The first kappa shape index (κ1) is 19.4. The van der Waals surface area contributed by atoms with Gasteiger partial charge in [0.1, 0.15) is 15.1 Å². The fourth-order valence-electron chi connectivity index (χ4n) is 3.52. The van der Waals surface area contributed by atoms with Gasteiger partial charge in [-0.25, -0.2) is 0 Å². The van der Waals surface area contributed by atoms with Crippen LogP contribution in [0.15, 0.2) is 18.2 Å². The molecule has 10 heteroatoms. The first-order valence-corrected chi connectivity index (χ1v) is 10.3. The van der Waals surface area contributed by atoms with Crippen molar-refractivity contribution >= 4 is 52.2 Å². The lowest BCUT2D eigenvalue weighted by Crippen LogP contribution is -2.40. The number of aliphatic hydroxyl groups excluding tert-OH is 1. The van der Waals surface area contributed by atoms with Crippen LogP contribution in [0.25, 0.3) is 0 Å². The summed E-state index contributed by atoms with van der Waals surface area (Å²) < 4.78 is 9.68. The van der Waals surface area contributed by atoms with E-state index in [0.717, 1.165) is 11.5 Å². The zero-order chi connectivity index (χ0) is 19.8. The van der Waals surface area contributed by atoms with Crippen LogP contribution < -0.4 is 10.1 Å². The molecular formula is C18H17Cl2N3O4S. The molecular weight excluding hydrogens is 425 g/mol. The minimum absolute atomic E-state index is 0.00296. The van der Waals surface area contributed by atoms with Gasteiger partial charge in [0.15, 0.2) is 12.3 Å². The predicted molar refractivity (Wildman–Crippen MR) is 106 cm³/mol. The first-order chi connectivity index (χ1) is 13.4. The number of benzene rings is 1. The van der Waals surface area contributed by atoms with Gasteiger partial charge in [-0.3, -0.25) is 9.59 Å². The lowest BCUT2D eigenvalue weighted by atomic mass is 9.87. The number of carbonyl (C=O) groups excluding carboxylic acids is 2. The maximum atomic E-state index is 12.6. The van der Waals surface area contributed by atoms with Crippen LogP contribution in [0.3, 0.4) is 0 Å². The van der Waals surface area contributed by atoms with Crippen molar-refractivity contribution < 1.29 is 19.4 Å². The van der Waals surface area contributed by atoms with E-state index < -0.39 is 6.10 Å². The molecule has 148 valence electrons. The molecule has 28 heavy (non-hydrogen) atoms. The third-order valence-electron chi connectivity index (χ3n) is 5.05. The number of hydrogen-bond acceptors (Lipinski definition) is 6. The summed E-state index contributed by atoms with van der Waals surface area (Å²) in [6.45, 7) is 0.989. The SMILES string of the molecule is O=C1COc2ccc(C(O)C3CCN(C(=O)c4nsc(Cl)c4Cl)CC3)cc2N1. The summed E-state index contributed by atoms with van der Waals surface area (Å²) in [7, 11) is 0. The fraction of sp³-hybridized carbons (Fsp3) is 0.389. The Kier molecular flexibility index (Phi) is 5.46. The Morgan fingerprint density at radius 3 is 2.79 bits per heavy atom. The molecule has 7 nitrogen and oxygen atoms in total. The maximum Gasteiger partial charge on any atom is 0.275 e.